The van der Waals surface area contributed by atoms with Crippen LogP contribution in [0, 0.1) is 0 Å². The number of rotatable bonds is 4. The molecule has 1 aromatic rings. The fourth-order valence-electron chi connectivity index (χ4n) is 2.51. The number of alkyl halides is 3. The fourth-order valence-corrected chi connectivity index (χ4v) is 2.51. The van der Waals surface area contributed by atoms with E-state index >= 15 is 0 Å². The number of hydrogen-bond acceptors (Lipinski definition) is 3. The maximum absolute atomic E-state index is 12.5. The van der Waals surface area contributed by atoms with Crippen LogP contribution in [0.1, 0.15) is 31.2 Å². The van der Waals surface area contributed by atoms with Crippen LogP contribution in [0.4, 0.5) is 19.0 Å². The van der Waals surface area contributed by atoms with E-state index in [1.165, 1.54) is 6.07 Å². The zero-order valence-electron chi connectivity index (χ0n) is 10.7. The highest BCUT2D eigenvalue weighted by Crippen LogP contribution is 2.31. The smallest absolute Gasteiger partial charge is 0.354 e. The van der Waals surface area contributed by atoms with Gasteiger partial charge >= 0.3 is 6.18 Å². The second kappa shape index (κ2) is 5.77. The number of nitrogens with zero attached hydrogens (tertiary/aromatic N) is 2. The number of anilines is 1. The molecule has 1 aliphatic rings. The number of aromatic nitrogens is 1. The molecule has 2 rings (SSSR count). The van der Waals surface area contributed by atoms with E-state index in [9.17, 15) is 13.2 Å². The molecule has 1 fully saturated rings. The molecule has 1 saturated heterocycles. The van der Waals surface area contributed by atoms with Gasteiger partial charge in [-0.2, -0.15) is 13.2 Å². The van der Waals surface area contributed by atoms with Gasteiger partial charge < -0.3 is 10.6 Å². The molecule has 1 aromatic heterocycles. The van der Waals surface area contributed by atoms with Crippen LogP contribution < -0.4 is 10.6 Å². The van der Waals surface area contributed by atoms with Crippen LogP contribution in [-0.4, -0.2) is 24.1 Å². The number of pyridine rings is 1. The topological polar surface area (TPSA) is 42.1 Å². The van der Waals surface area contributed by atoms with Crippen molar-refractivity contribution in [1.82, 2.24) is 4.98 Å². The van der Waals surface area contributed by atoms with Crippen molar-refractivity contribution in [1.29, 1.82) is 0 Å². The second-order valence-corrected chi connectivity index (χ2v) is 4.82. The quantitative estimate of drug-likeness (QED) is 0.917. The first-order valence-electron chi connectivity index (χ1n) is 6.52. The molecular weight excluding hydrogens is 255 g/mol. The number of halogens is 3. The van der Waals surface area contributed by atoms with E-state index in [4.69, 9.17) is 5.73 Å². The van der Waals surface area contributed by atoms with E-state index in [0.717, 1.165) is 44.5 Å². The van der Waals surface area contributed by atoms with Crippen molar-refractivity contribution in [2.75, 3.05) is 18.0 Å². The van der Waals surface area contributed by atoms with Crippen LogP contribution in [0.25, 0.3) is 0 Å². The van der Waals surface area contributed by atoms with Crippen molar-refractivity contribution in [3.05, 3.63) is 23.9 Å². The van der Waals surface area contributed by atoms with Gasteiger partial charge in [-0.1, -0.05) is 0 Å². The van der Waals surface area contributed by atoms with Crippen molar-refractivity contribution in [3.8, 4) is 0 Å². The zero-order chi connectivity index (χ0) is 13.9. The third-order valence-electron chi connectivity index (χ3n) is 3.49. The predicted octanol–water partition coefficient (Wildman–Crippen LogP) is 2.81. The Kier molecular flexibility index (Phi) is 4.29. The molecule has 0 amide bonds. The normalized spacial score (nSPS) is 20.0. The van der Waals surface area contributed by atoms with Gasteiger partial charge in [0.2, 0.25) is 0 Å². The van der Waals surface area contributed by atoms with Crippen molar-refractivity contribution >= 4 is 5.82 Å². The minimum Gasteiger partial charge on any atom is -0.354 e. The highest BCUT2D eigenvalue weighted by Gasteiger charge is 2.31. The Bertz CT molecular complexity index is 403. The minimum absolute atomic E-state index is 0.354. The van der Waals surface area contributed by atoms with E-state index in [1.54, 1.807) is 0 Å². The number of nitrogens with two attached hydrogens (primary N) is 1. The molecule has 1 unspecified atom stereocenters. The monoisotopic (exact) mass is 273 g/mol. The fraction of sp³-hybridized carbons (Fsp3) is 0.615. The lowest BCUT2D eigenvalue weighted by Gasteiger charge is -2.25. The summed E-state index contributed by atoms with van der Waals surface area (Å²) in [6, 6.07) is 2.91. The Hall–Kier alpha value is -1.30. The molecule has 2 heterocycles. The van der Waals surface area contributed by atoms with Crippen LogP contribution in [0.15, 0.2) is 18.3 Å². The largest absolute Gasteiger partial charge is 0.417 e. The second-order valence-electron chi connectivity index (χ2n) is 4.82. The summed E-state index contributed by atoms with van der Waals surface area (Å²) in [4.78, 5) is 6.05. The molecule has 2 N–H and O–H groups in total. The molecule has 19 heavy (non-hydrogen) atoms. The van der Waals surface area contributed by atoms with Crippen molar-refractivity contribution in [2.24, 2.45) is 5.73 Å². The maximum Gasteiger partial charge on any atom is 0.417 e. The summed E-state index contributed by atoms with van der Waals surface area (Å²) in [6.45, 7) is 1.50. The van der Waals surface area contributed by atoms with Crippen LogP contribution in [-0.2, 0) is 6.18 Å². The van der Waals surface area contributed by atoms with Gasteiger partial charge in [-0.15, -0.1) is 0 Å². The summed E-state index contributed by atoms with van der Waals surface area (Å²) < 4.78 is 37.4. The highest BCUT2D eigenvalue weighted by atomic mass is 19.4. The maximum atomic E-state index is 12.5. The van der Waals surface area contributed by atoms with Gasteiger partial charge in [0.25, 0.3) is 0 Å². The molecule has 0 radical (unpaired) electrons. The molecule has 0 saturated carbocycles. The average molecular weight is 273 g/mol. The Morgan fingerprint density at radius 1 is 1.37 bits per heavy atom. The van der Waals surface area contributed by atoms with Crippen molar-refractivity contribution in [2.45, 2.75) is 37.9 Å². The summed E-state index contributed by atoms with van der Waals surface area (Å²) in [6.07, 6.45) is 0.602. The Balaban J connectivity index is 2.08. The summed E-state index contributed by atoms with van der Waals surface area (Å²) in [5, 5.41) is 0. The zero-order valence-corrected chi connectivity index (χ0v) is 10.7. The molecule has 0 aliphatic carbocycles. The van der Waals surface area contributed by atoms with Gasteiger partial charge in [-0.05, 0) is 44.4 Å². The third-order valence-corrected chi connectivity index (χ3v) is 3.49. The molecule has 6 heteroatoms. The lowest BCUT2D eigenvalue weighted by atomic mass is 10.1. The first-order chi connectivity index (χ1) is 9.02. The van der Waals surface area contributed by atoms with Gasteiger partial charge in [0.05, 0.1) is 5.56 Å². The Morgan fingerprint density at radius 2 is 2.16 bits per heavy atom. The van der Waals surface area contributed by atoms with Crippen LogP contribution in [0.2, 0.25) is 0 Å². The summed E-state index contributed by atoms with van der Waals surface area (Å²) in [7, 11) is 0. The molecule has 1 atom stereocenters. The summed E-state index contributed by atoms with van der Waals surface area (Å²) >= 11 is 0. The van der Waals surface area contributed by atoms with Crippen molar-refractivity contribution < 1.29 is 13.2 Å². The van der Waals surface area contributed by atoms with Gasteiger partial charge in [0, 0.05) is 18.8 Å². The summed E-state index contributed by atoms with van der Waals surface area (Å²) in [5.41, 5.74) is 4.80. The first kappa shape index (κ1) is 14.1. The molecule has 0 aromatic carbocycles. The van der Waals surface area contributed by atoms with E-state index in [2.05, 4.69) is 9.88 Å². The van der Waals surface area contributed by atoms with Gasteiger partial charge in [-0.3, -0.25) is 0 Å². The van der Waals surface area contributed by atoms with Crippen LogP contribution in [0.5, 0.6) is 0 Å². The lowest BCUT2D eigenvalue weighted by molar-refractivity contribution is -0.137. The number of hydrogen-bond donors (Lipinski definition) is 1. The predicted molar refractivity (Wildman–Crippen MR) is 67.9 cm³/mol. The standard InChI is InChI=1S/C13H18F3N3/c14-13(15,16)10-5-6-12(18-9-10)19-8-2-4-11(19)3-1-7-17/h5-6,9,11H,1-4,7-8,17H2. The van der Waals surface area contributed by atoms with E-state index in [0.29, 0.717) is 18.4 Å². The molecule has 0 bridgehead atoms. The molecule has 0 spiro atoms. The van der Waals surface area contributed by atoms with Gasteiger partial charge in [0.15, 0.2) is 0 Å². The molecule has 1 aliphatic heterocycles. The van der Waals surface area contributed by atoms with Crippen LogP contribution >= 0.6 is 0 Å². The Morgan fingerprint density at radius 3 is 2.74 bits per heavy atom. The Labute approximate surface area is 110 Å². The SMILES string of the molecule is NCCCC1CCCN1c1ccc(C(F)(F)F)cn1. The van der Waals surface area contributed by atoms with E-state index < -0.39 is 11.7 Å². The van der Waals surface area contributed by atoms with Crippen molar-refractivity contribution in [3.63, 3.8) is 0 Å². The average Bonchev–Trinajstić information content (AvgIpc) is 2.83. The van der Waals surface area contributed by atoms with Gasteiger partial charge in [-0.25, -0.2) is 4.98 Å². The van der Waals surface area contributed by atoms with Gasteiger partial charge in [0.1, 0.15) is 5.82 Å². The minimum atomic E-state index is -4.32. The molecule has 3 nitrogen and oxygen atoms in total. The van der Waals surface area contributed by atoms with E-state index in [1.807, 2.05) is 0 Å². The van der Waals surface area contributed by atoms with Crippen LogP contribution in [0.3, 0.4) is 0 Å². The molecular formula is C13H18F3N3. The lowest BCUT2D eigenvalue weighted by Crippen LogP contribution is -2.30. The summed E-state index contributed by atoms with van der Waals surface area (Å²) in [5.74, 6) is 0.632. The molecule has 106 valence electrons. The first-order valence-corrected chi connectivity index (χ1v) is 6.52. The highest BCUT2D eigenvalue weighted by molar-refractivity contribution is 5.42. The van der Waals surface area contributed by atoms with E-state index in [-0.39, 0.29) is 0 Å². The third kappa shape index (κ3) is 3.37.